The average Bonchev–Trinajstić information content (AvgIpc) is 3.77. The molecule has 0 unspecified atom stereocenters. The van der Waals surface area contributed by atoms with Crippen LogP contribution in [0.4, 0.5) is 0 Å². The van der Waals surface area contributed by atoms with Gasteiger partial charge in [0.15, 0.2) is 0 Å². The van der Waals surface area contributed by atoms with E-state index in [1.807, 2.05) is 0 Å². The van der Waals surface area contributed by atoms with E-state index in [2.05, 4.69) is 235 Å². The predicted octanol–water partition coefficient (Wildman–Crippen LogP) is -16.2. The summed E-state index contributed by atoms with van der Waals surface area (Å²) >= 11 is 0. The van der Waals surface area contributed by atoms with Crippen LogP contribution < -0.4 is 92.9 Å². The summed E-state index contributed by atoms with van der Waals surface area (Å²) in [6, 6.07) is 35.3. The summed E-state index contributed by atoms with van der Waals surface area (Å²) in [7, 11) is 38.6. The van der Waals surface area contributed by atoms with E-state index in [9.17, 15) is 5.11 Å². The van der Waals surface area contributed by atoms with E-state index < -0.39 is 0 Å². The Morgan fingerprint density at radius 2 is 0.676 bits per heavy atom. The van der Waals surface area contributed by atoms with Gasteiger partial charge < -0.3 is 5.11 Å². The van der Waals surface area contributed by atoms with Crippen molar-refractivity contribution in [2.45, 2.75) is 0 Å². The Kier molecular flexibility index (Phi) is 12.2. The molecule has 0 aliphatic rings. The largest absolute Gasteiger partial charge is 0.508 e. The van der Waals surface area contributed by atoms with Gasteiger partial charge >= 0.3 is 0 Å². The van der Waals surface area contributed by atoms with Gasteiger partial charge in [-0.1, -0.05) is 97.7 Å². The molecule has 322 valence electrons. The summed E-state index contributed by atoms with van der Waals surface area (Å²) in [5.41, 5.74) is 35.1. The predicted molar refractivity (Wildman–Crippen MR) is 364 cm³/mol. The van der Waals surface area contributed by atoms with Crippen molar-refractivity contribution in [2.75, 3.05) is 0 Å². The molecule has 3 nitrogen and oxygen atoms in total. The molecular formula is C51H51B17N2O. The Morgan fingerprint density at radius 3 is 1.18 bits per heavy atom. The Bertz CT molecular complexity index is 3760. The van der Waals surface area contributed by atoms with Crippen LogP contribution in [0, 0.1) is 0 Å². The molecule has 0 radical (unpaired) electrons. The van der Waals surface area contributed by atoms with Crippen LogP contribution >= 0.6 is 0 Å². The first-order valence-corrected chi connectivity index (χ1v) is 25.4. The van der Waals surface area contributed by atoms with Crippen LogP contribution in [0.15, 0.2) is 97.1 Å². The van der Waals surface area contributed by atoms with Gasteiger partial charge in [-0.15, -0.1) is 43.7 Å². The van der Waals surface area contributed by atoms with Gasteiger partial charge in [-0.3, -0.25) is 4.57 Å². The molecule has 0 saturated carbocycles. The second-order valence-corrected chi connectivity index (χ2v) is 20.9. The van der Waals surface area contributed by atoms with Crippen molar-refractivity contribution in [1.29, 1.82) is 0 Å². The van der Waals surface area contributed by atoms with Gasteiger partial charge in [0, 0.05) is 22.2 Å². The third-order valence-electron chi connectivity index (χ3n) is 17.8. The van der Waals surface area contributed by atoms with Crippen LogP contribution in [0.1, 0.15) is 0 Å². The fraction of sp³-hybridized carbons (Fsp3) is 0. The van der Waals surface area contributed by atoms with Gasteiger partial charge in [0.1, 0.15) is 145 Å². The molecule has 0 aliphatic carbocycles. The minimum atomic E-state index is 0.342. The number of para-hydroxylation sites is 3. The van der Waals surface area contributed by atoms with Gasteiger partial charge in [0.05, 0.1) is 11.0 Å². The molecule has 0 aliphatic heterocycles. The summed E-state index contributed by atoms with van der Waals surface area (Å²) in [6.07, 6.45) is 0. The first-order valence-electron chi connectivity index (χ1n) is 25.4. The smallest absolute Gasteiger partial charge is 0.145 e. The fourth-order valence-corrected chi connectivity index (χ4v) is 12.3. The lowest BCUT2D eigenvalue weighted by atomic mass is 9.58. The highest BCUT2D eigenvalue weighted by Gasteiger charge is 2.28. The number of nitrogens with zero attached hydrogens (tertiary/aromatic N) is 2. The van der Waals surface area contributed by atoms with Crippen LogP contribution in [-0.4, -0.2) is 148 Å². The number of imidazole rings is 1. The van der Waals surface area contributed by atoms with E-state index in [0.717, 1.165) is 72.1 Å². The number of aromatic nitrogens is 2. The van der Waals surface area contributed by atoms with Crippen LogP contribution in [0.25, 0.3) is 94.2 Å². The molecule has 0 bridgehead atoms. The first kappa shape index (κ1) is 48.5. The zero-order valence-electron chi connectivity index (χ0n) is 45.1. The van der Waals surface area contributed by atoms with Crippen LogP contribution in [0.2, 0.25) is 0 Å². The first-order chi connectivity index (χ1) is 33.8. The lowest BCUT2D eigenvalue weighted by molar-refractivity contribution is 0.486. The monoisotopic (exact) mass is 895 g/mol. The standard InChI is InChI=1S/C51H51B17N2O/c52-33-27(34(53)41(60)47(66)40(33)59)20-14-19(15-21(16-20)28-35(54)42(61)48(67)43(62)36(28)55)26-30-29(37(56)44(63)45(64)38(30)57)25(31-32(26)50(71)49(68)46(65)39(31)58)17-7-6-8-18(13-17)51-69-23-11-4-5-12-24(23)70(51)22-9-2-1-3-10-22/h1-16,71H,52-68H2. The van der Waals surface area contributed by atoms with Crippen LogP contribution in [-0.2, 0) is 0 Å². The molecule has 9 aromatic carbocycles. The Morgan fingerprint density at radius 1 is 0.310 bits per heavy atom. The maximum Gasteiger partial charge on any atom is 0.145 e. The van der Waals surface area contributed by atoms with Crippen LogP contribution in [0.3, 0.4) is 0 Å². The van der Waals surface area contributed by atoms with E-state index >= 15 is 0 Å². The maximum atomic E-state index is 13.1. The summed E-state index contributed by atoms with van der Waals surface area (Å²) in [6.45, 7) is 0. The number of hydrogen-bond donors (Lipinski definition) is 1. The molecule has 20 heteroatoms. The minimum Gasteiger partial charge on any atom is -0.508 e. The van der Waals surface area contributed by atoms with Crippen molar-refractivity contribution in [3.05, 3.63) is 97.1 Å². The second kappa shape index (κ2) is 17.9. The van der Waals surface area contributed by atoms with Crippen molar-refractivity contribution < 1.29 is 5.11 Å². The molecule has 71 heavy (non-hydrogen) atoms. The third kappa shape index (κ3) is 7.31. The van der Waals surface area contributed by atoms with Crippen molar-refractivity contribution >= 4 is 259 Å². The molecular weight excluding hydrogens is 840 g/mol. The summed E-state index contributed by atoms with van der Waals surface area (Å²) in [5, 5.41) is 17.5. The van der Waals surface area contributed by atoms with Gasteiger partial charge in [0.25, 0.3) is 0 Å². The molecule has 0 spiro atoms. The molecule has 0 saturated heterocycles. The fourth-order valence-electron chi connectivity index (χ4n) is 12.3. The van der Waals surface area contributed by atoms with Gasteiger partial charge in [0.2, 0.25) is 0 Å². The minimum absolute atomic E-state index is 0.342. The summed E-state index contributed by atoms with van der Waals surface area (Å²) in [5.74, 6) is 1.23. The van der Waals surface area contributed by atoms with E-state index in [1.165, 1.54) is 115 Å². The van der Waals surface area contributed by atoms with E-state index in [0.29, 0.717) is 5.75 Å². The van der Waals surface area contributed by atoms with Crippen molar-refractivity contribution in [1.82, 2.24) is 9.55 Å². The second-order valence-electron chi connectivity index (χ2n) is 20.9. The number of hydrogen-bond acceptors (Lipinski definition) is 2. The van der Waals surface area contributed by atoms with Crippen LogP contribution in [0.5, 0.6) is 5.75 Å². The van der Waals surface area contributed by atoms with Crippen molar-refractivity contribution in [3.8, 4) is 67.3 Å². The zero-order valence-corrected chi connectivity index (χ0v) is 45.1. The number of rotatable bonds is 6. The molecule has 0 atom stereocenters. The highest BCUT2D eigenvalue weighted by Crippen LogP contribution is 2.46. The Labute approximate surface area is 435 Å². The van der Waals surface area contributed by atoms with Gasteiger partial charge in [-0.2, -0.15) is 0 Å². The molecule has 1 aromatic heterocycles. The highest BCUT2D eigenvalue weighted by molar-refractivity contribution is 6.72. The molecule has 10 aromatic rings. The Hall–Kier alpha value is -6.13. The van der Waals surface area contributed by atoms with E-state index in [1.54, 1.807) is 0 Å². The average molecular weight is 892 g/mol. The third-order valence-corrected chi connectivity index (χ3v) is 17.8. The molecule has 1 N–H and O–H groups in total. The summed E-state index contributed by atoms with van der Waals surface area (Å²) in [4.78, 5) is 5.33. The number of phenols is 1. The van der Waals surface area contributed by atoms with Gasteiger partial charge in [-0.05, 0) is 104 Å². The van der Waals surface area contributed by atoms with Crippen molar-refractivity contribution in [3.63, 3.8) is 0 Å². The molecule has 0 amide bonds. The zero-order chi connectivity index (χ0) is 50.8. The molecule has 0 fully saturated rings. The molecule has 10 rings (SSSR count). The SMILES string of the molecule is Bc1c(B)c(B)c(-c2cc(-c3c(B)c(B)c(B)c(B)c3B)cc(-c3c4c(B)c(B)c(B)c(B)c4c(-c4cccc(-c5nc6ccccc6n5-c5ccccc5)c4)c4c(B)c(B)c(B)c(O)c34)c2)c(B)c1B. The number of benzene rings is 9. The van der Waals surface area contributed by atoms with E-state index in [4.69, 9.17) is 4.98 Å². The lowest BCUT2D eigenvalue weighted by Gasteiger charge is -2.28. The quantitative estimate of drug-likeness (QED) is 0.133. The summed E-state index contributed by atoms with van der Waals surface area (Å²) < 4.78 is 2.28. The number of phenolic OH excluding ortho intramolecular Hbond substituents is 1. The number of aromatic hydroxyl groups is 1. The Balaban J connectivity index is 1.40. The van der Waals surface area contributed by atoms with E-state index in [-0.39, 0.29) is 0 Å². The normalized spacial score (nSPS) is 11.5. The highest BCUT2D eigenvalue weighted by atomic mass is 16.3. The topological polar surface area (TPSA) is 38.0 Å². The lowest BCUT2D eigenvalue weighted by Crippen LogP contribution is -2.55. The number of fused-ring (bicyclic) bond motifs is 3. The molecule has 1 heterocycles. The van der Waals surface area contributed by atoms with Crippen molar-refractivity contribution in [2.24, 2.45) is 0 Å². The maximum absolute atomic E-state index is 13.1. The van der Waals surface area contributed by atoms with Gasteiger partial charge in [-0.25, -0.2) is 4.98 Å².